The Morgan fingerprint density at radius 1 is 0.840 bits per heavy atom. The summed E-state index contributed by atoms with van der Waals surface area (Å²) in [6, 6.07) is 4.65. The number of hydrogen-bond donors (Lipinski definition) is 0. The fraction of sp³-hybridized carbons (Fsp3) is 0.125. The van der Waals surface area contributed by atoms with E-state index in [2.05, 4.69) is 9.47 Å². The number of alkyl halides is 3. The van der Waals surface area contributed by atoms with Crippen LogP contribution >= 0.6 is 0 Å². The highest BCUT2D eigenvalue weighted by Gasteiger charge is 2.35. The van der Waals surface area contributed by atoms with Crippen molar-refractivity contribution in [1.29, 1.82) is 0 Å². The Hall–Kier alpha value is -2.97. The third-order valence-corrected chi connectivity index (χ3v) is 2.96. The van der Waals surface area contributed by atoms with Gasteiger partial charge in [0.25, 0.3) is 0 Å². The van der Waals surface area contributed by atoms with Crippen LogP contribution in [0.4, 0.5) is 22.0 Å². The summed E-state index contributed by atoms with van der Waals surface area (Å²) in [4.78, 5) is 23.1. The average molecular weight is 360 g/mol. The van der Waals surface area contributed by atoms with Gasteiger partial charge < -0.3 is 9.47 Å². The molecule has 0 saturated heterocycles. The maximum Gasteiger partial charge on any atom is 0.423 e. The van der Waals surface area contributed by atoms with Gasteiger partial charge in [-0.3, -0.25) is 0 Å². The van der Waals surface area contributed by atoms with Gasteiger partial charge in [0.15, 0.2) is 0 Å². The van der Waals surface area contributed by atoms with Crippen LogP contribution in [0.1, 0.15) is 11.1 Å². The normalized spacial score (nSPS) is 11.1. The van der Waals surface area contributed by atoms with Gasteiger partial charge in [-0.1, -0.05) is 0 Å². The predicted molar refractivity (Wildman–Crippen MR) is 73.8 cm³/mol. The van der Waals surface area contributed by atoms with Gasteiger partial charge in [0.05, 0.1) is 5.56 Å². The van der Waals surface area contributed by atoms with Crippen molar-refractivity contribution in [1.82, 2.24) is 0 Å². The van der Waals surface area contributed by atoms with E-state index in [1.54, 1.807) is 0 Å². The van der Waals surface area contributed by atoms with E-state index in [4.69, 9.17) is 0 Å². The monoisotopic (exact) mass is 360 g/mol. The molecule has 0 aliphatic heterocycles. The highest BCUT2D eigenvalue weighted by molar-refractivity contribution is 6.31. The topological polar surface area (TPSA) is 52.6 Å². The van der Waals surface area contributed by atoms with Gasteiger partial charge in [-0.2, -0.15) is 13.2 Å². The molecular formula is C16H9F5O4. The highest BCUT2D eigenvalue weighted by Crippen LogP contribution is 2.33. The molecule has 0 spiro atoms. The van der Waals surface area contributed by atoms with Gasteiger partial charge in [0, 0.05) is 0 Å². The first-order valence-corrected chi connectivity index (χ1v) is 6.65. The van der Waals surface area contributed by atoms with Crippen LogP contribution in [0.2, 0.25) is 0 Å². The molecule has 0 aliphatic carbocycles. The Bertz CT molecular complexity index is 830. The van der Waals surface area contributed by atoms with Crippen LogP contribution in [0.15, 0.2) is 36.4 Å². The van der Waals surface area contributed by atoms with E-state index in [1.165, 1.54) is 6.92 Å². The first-order valence-electron chi connectivity index (χ1n) is 6.65. The van der Waals surface area contributed by atoms with Crippen molar-refractivity contribution in [3.8, 4) is 11.5 Å². The van der Waals surface area contributed by atoms with E-state index in [9.17, 15) is 31.5 Å². The number of ether oxygens (including phenoxy) is 2. The van der Waals surface area contributed by atoms with Gasteiger partial charge in [0.2, 0.25) is 0 Å². The first kappa shape index (κ1) is 18.4. The largest absolute Gasteiger partial charge is 0.423 e. The third-order valence-electron chi connectivity index (χ3n) is 2.96. The number of carbonyl (C=O) groups is 2. The molecule has 0 aromatic heterocycles. The first-order chi connectivity index (χ1) is 11.6. The third kappa shape index (κ3) is 4.52. The number of rotatable bonds is 2. The predicted octanol–water partition coefficient (Wildman–Crippen LogP) is 3.80. The summed E-state index contributed by atoms with van der Waals surface area (Å²) >= 11 is 0. The molecule has 0 fully saturated rings. The van der Waals surface area contributed by atoms with E-state index >= 15 is 0 Å². The Morgan fingerprint density at radius 3 is 1.80 bits per heavy atom. The second-order valence-electron chi connectivity index (χ2n) is 4.83. The van der Waals surface area contributed by atoms with E-state index < -0.39 is 41.1 Å². The summed E-state index contributed by atoms with van der Waals surface area (Å²) < 4.78 is 73.0. The maximum absolute atomic E-state index is 13.1. The van der Waals surface area contributed by atoms with Crippen molar-refractivity contribution < 1.29 is 41.0 Å². The molecule has 132 valence electrons. The van der Waals surface area contributed by atoms with E-state index in [1.807, 2.05) is 0 Å². The molecule has 0 unspecified atom stereocenters. The van der Waals surface area contributed by atoms with Crippen molar-refractivity contribution in [2.24, 2.45) is 0 Å². The molecule has 0 N–H and O–H groups in total. The molecule has 0 aliphatic rings. The Balaban J connectivity index is 2.11. The number of hydrogen-bond acceptors (Lipinski definition) is 4. The smallest absolute Gasteiger partial charge is 0.418 e. The van der Waals surface area contributed by atoms with Crippen LogP contribution in [-0.4, -0.2) is 11.9 Å². The number of benzene rings is 2. The molecule has 0 bridgehead atoms. The molecule has 4 nitrogen and oxygen atoms in total. The summed E-state index contributed by atoms with van der Waals surface area (Å²) in [6.45, 7) is 1.39. The van der Waals surface area contributed by atoms with E-state index in [0.29, 0.717) is 6.07 Å². The molecule has 0 amide bonds. The average Bonchev–Trinajstić information content (AvgIpc) is 2.51. The minimum absolute atomic E-state index is 0.145. The zero-order chi connectivity index (χ0) is 18.8. The lowest BCUT2D eigenvalue weighted by Gasteiger charge is -2.10. The molecule has 0 atom stereocenters. The Morgan fingerprint density at radius 2 is 1.32 bits per heavy atom. The van der Waals surface area contributed by atoms with Crippen molar-refractivity contribution in [3.63, 3.8) is 0 Å². The standard InChI is InChI=1S/C16H9F5O4/c1-8-6-9(2-4-12(8)17)24-14(22)15(23)25-10-3-5-13(18)11(7-10)16(19,20)21/h2-7H,1H3. The van der Waals surface area contributed by atoms with Gasteiger partial charge >= 0.3 is 18.1 Å². The summed E-state index contributed by atoms with van der Waals surface area (Å²) in [6.07, 6.45) is -5.00. The zero-order valence-corrected chi connectivity index (χ0v) is 12.5. The highest BCUT2D eigenvalue weighted by atomic mass is 19.4. The van der Waals surface area contributed by atoms with Crippen LogP contribution in [-0.2, 0) is 15.8 Å². The van der Waals surface area contributed by atoms with Crippen molar-refractivity contribution in [3.05, 3.63) is 59.2 Å². The van der Waals surface area contributed by atoms with Crippen LogP contribution in [0.5, 0.6) is 11.5 Å². The molecule has 25 heavy (non-hydrogen) atoms. The molecule has 0 saturated carbocycles. The lowest BCUT2D eigenvalue weighted by Crippen LogP contribution is -2.25. The van der Waals surface area contributed by atoms with Crippen LogP contribution in [0, 0.1) is 18.6 Å². The quantitative estimate of drug-likeness (QED) is 0.354. The molecule has 2 rings (SSSR count). The van der Waals surface area contributed by atoms with E-state index in [0.717, 1.165) is 24.3 Å². The van der Waals surface area contributed by atoms with Crippen LogP contribution in [0.3, 0.4) is 0 Å². The fourth-order valence-electron chi connectivity index (χ4n) is 1.76. The zero-order valence-electron chi connectivity index (χ0n) is 12.5. The van der Waals surface area contributed by atoms with Crippen molar-refractivity contribution >= 4 is 11.9 Å². The second-order valence-corrected chi connectivity index (χ2v) is 4.83. The fourth-order valence-corrected chi connectivity index (χ4v) is 1.76. The molecule has 2 aromatic rings. The van der Waals surface area contributed by atoms with Gasteiger partial charge in [-0.25, -0.2) is 18.4 Å². The SMILES string of the molecule is Cc1cc(OC(=O)C(=O)Oc2ccc(F)c(C(F)(F)F)c2)ccc1F. The maximum atomic E-state index is 13.1. The van der Waals surface area contributed by atoms with Crippen molar-refractivity contribution in [2.45, 2.75) is 13.1 Å². The number of carbonyl (C=O) groups excluding carboxylic acids is 2. The summed E-state index contributed by atoms with van der Waals surface area (Å²) in [5.74, 6) is -6.13. The summed E-state index contributed by atoms with van der Waals surface area (Å²) in [5.41, 5.74) is -1.51. The number of esters is 2. The lowest BCUT2D eigenvalue weighted by molar-refractivity contribution is -0.156. The van der Waals surface area contributed by atoms with Crippen molar-refractivity contribution in [2.75, 3.05) is 0 Å². The number of halogens is 5. The molecule has 2 aromatic carbocycles. The van der Waals surface area contributed by atoms with E-state index in [-0.39, 0.29) is 17.4 Å². The minimum Gasteiger partial charge on any atom is -0.418 e. The van der Waals surface area contributed by atoms with Gasteiger partial charge in [0.1, 0.15) is 23.1 Å². The lowest BCUT2D eigenvalue weighted by atomic mass is 10.2. The van der Waals surface area contributed by atoms with Crippen LogP contribution in [0.25, 0.3) is 0 Å². The molecular weight excluding hydrogens is 351 g/mol. The van der Waals surface area contributed by atoms with Gasteiger partial charge in [-0.15, -0.1) is 0 Å². The van der Waals surface area contributed by atoms with Gasteiger partial charge in [-0.05, 0) is 48.9 Å². The van der Waals surface area contributed by atoms with Crippen LogP contribution < -0.4 is 9.47 Å². The minimum atomic E-state index is -5.00. The second kappa shape index (κ2) is 6.88. The summed E-state index contributed by atoms with van der Waals surface area (Å²) in [5, 5.41) is 0. The molecule has 9 heteroatoms. The Kier molecular flexibility index (Phi) is 5.05. The number of aryl methyl sites for hydroxylation is 1. The molecule has 0 heterocycles. The Labute approximate surface area is 137 Å². The molecule has 0 radical (unpaired) electrons. The summed E-state index contributed by atoms with van der Waals surface area (Å²) in [7, 11) is 0.